The number of methoxy groups -OCH3 is 5. The van der Waals surface area contributed by atoms with Crippen LogP contribution >= 0.6 is 0 Å². The van der Waals surface area contributed by atoms with Crippen LogP contribution in [0.4, 0.5) is 0 Å². The summed E-state index contributed by atoms with van der Waals surface area (Å²) in [4.78, 5) is 13.0. The predicted molar refractivity (Wildman–Crippen MR) is 154 cm³/mol. The highest BCUT2D eigenvalue weighted by atomic mass is 16.5. The van der Waals surface area contributed by atoms with Crippen molar-refractivity contribution in [3.63, 3.8) is 0 Å². The van der Waals surface area contributed by atoms with E-state index in [1.54, 1.807) is 35.5 Å². The Morgan fingerprint density at radius 3 is 1.97 bits per heavy atom. The van der Waals surface area contributed by atoms with Crippen LogP contribution in [0, 0.1) is 0 Å². The number of hydrogen-bond donors (Lipinski definition) is 1. The number of unbranched alkanes of at least 4 members (excludes halogenated alkanes) is 1. The summed E-state index contributed by atoms with van der Waals surface area (Å²) < 4.78 is 33.5. The Morgan fingerprint density at radius 2 is 1.46 bits per heavy atom. The van der Waals surface area contributed by atoms with E-state index in [1.165, 1.54) is 0 Å². The summed E-state index contributed by atoms with van der Waals surface area (Å²) in [7, 11) is 9.86. The van der Waals surface area contributed by atoms with Gasteiger partial charge in [-0.2, -0.15) is 0 Å². The van der Waals surface area contributed by atoms with Gasteiger partial charge in [-0.1, -0.05) is 19.8 Å². The van der Waals surface area contributed by atoms with Crippen LogP contribution in [0.1, 0.15) is 56.2 Å². The molecule has 39 heavy (non-hydrogen) atoms. The molecule has 0 saturated carbocycles. The lowest BCUT2D eigenvalue weighted by Gasteiger charge is -2.16. The summed E-state index contributed by atoms with van der Waals surface area (Å²) in [6.45, 7) is 4.51. The fraction of sp³-hybridized carbons (Fsp3) is 0.452. The minimum Gasteiger partial charge on any atom is -0.493 e. The molecule has 0 amide bonds. The van der Waals surface area contributed by atoms with E-state index in [9.17, 15) is 4.79 Å². The molecule has 212 valence electrons. The van der Waals surface area contributed by atoms with E-state index in [0.29, 0.717) is 35.4 Å². The number of nitrogens with one attached hydrogen (secondary N) is 1. The normalized spacial score (nSPS) is 14.2. The molecular formula is C31H41NO7. The molecule has 1 N–H and O–H groups in total. The summed E-state index contributed by atoms with van der Waals surface area (Å²) in [5.41, 5.74) is 5.54. The predicted octanol–water partition coefficient (Wildman–Crippen LogP) is 5.77. The van der Waals surface area contributed by atoms with Crippen molar-refractivity contribution in [2.75, 3.05) is 49.2 Å². The molecule has 0 heterocycles. The Balaban J connectivity index is 2.04. The Kier molecular flexibility index (Phi) is 10.7. The number of esters is 1. The van der Waals surface area contributed by atoms with Crippen molar-refractivity contribution >= 4 is 23.2 Å². The van der Waals surface area contributed by atoms with Crippen molar-refractivity contribution in [2.24, 2.45) is 0 Å². The molecule has 8 nitrogen and oxygen atoms in total. The number of carbonyl (C=O) groups excluding carboxylic acids is 1. The maximum absolute atomic E-state index is 13.0. The first-order valence-corrected chi connectivity index (χ1v) is 13.2. The lowest BCUT2D eigenvalue weighted by atomic mass is 9.99. The van der Waals surface area contributed by atoms with Crippen molar-refractivity contribution in [2.45, 2.75) is 45.6 Å². The summed E-state index contributed by atoms with van der Waals surface area (Å²) in [6.07, 6.45) is 5.33. The quantitative estimate of drug-likeness (QED) is 0.303. The van der Waals surface area contributed by atoms with E-state index < -0.39 is 0 Å². The van der Waals surface area contributed by atoms with Crippen LogP contribution in [0.25, 0.3) is 17.2 Å². The summed E-state index contributed by atoms with van der Waals surface area (Å²) >= 11 is 0. The lowest BCUT2D eigenvalue weighted by molar-refractivity contribution is -0.143. The second kappa shape index (κ2) is 13.9. The first-order valence-electron chi connectivity index (χ1n) is 13.2. The summed E-state index contributed by atoms with van der Waals surface area (Å²) in [6, 6.07) is 7.79. The molecule has 8 heteroatoms. The van der Waals surface area contributed by atoms with Gasteiger partial charge in [0, 0.05) is 6.04 Å². The fourth-order valence-corrected chi connectivity index (χ4v) is 4.83. The van der Waals surface area contributed by atoms with Crippen molar-refractivity contribution in [3.05, 3.63) is 46.5 Å². The van der Waals surface area contributed by atoms with E-state index in [-0.39, 0.29) is 18.4 Å². The molecule has 0 aromatic heterocycles. The first kappa shape index (κ1) is 29.9. The molecule has 3 rings (SSSR count). The molecule has 0 spiro atoms. The fourth-order valence-electron chi connectivity index (χ4n) is 4.83. The Bertz CT molecular complexity index is 1210. The van der Waals surface area contributed by atoms with Crippen LogP contribution in [-0.2, 0) is 9.53 Å². The Labute approximate surface area is 231 Å². The van der Waals surface area contributed by atoms with Crippen LogP contribution in [0.2, 0.25) is 0 Å². The number of likely N-dealkylation sites (N-methyl/N-ethyl adjacent to an activating group) is 1. The highest BCUT2D eigenvalue weighted by Gasteiger charge is 2.28. The molecule has 2 aromatic rings. The first-order chi connectivity index (χ1) is 18.8. The molecule has 1 unspecified atom stereocenters. The second-order valence-electron chi connectivity index (χ2n) is 9.36. The molecule has 1 aliphatic rings. The summed E-state index contributed by atoms with van der Waals surface area (Å²) in [5, 5.41) is 3.24. The topological polar surface area (TPSA) is 84.5 Å². The molecule has 0 radical (unpaired) electrons. The average molecular weight is 540 g/mol. The van der Waals surface area contributed by atoms with Crippen LogP contribution in [0.3, 0.4) is 0 Å². The third-order valence-electron chi connectivity index (χ3n) is 7.07. The van der Waals surface area contributed by atoms with E-state index >= 15 is 0 Å². The zero-order valence-electron chi connectivity index (χ0n) is 24.4. The molecule has 1 atom stereocenters. The SMILES string of the molecule is CCCCC(COC(=O)CC1=C(C)/C(=C/c2cc(OC)c(OC)c(OC)c2)c2cc(OC)c(OC)cc21)NC. The number of benzene rings is 2. The third kappa shape index (κ3) is 6.68. The van der Waals surface area contributed by atoms with Crippen LogP contribution < -0.4 is 29.0 Å². The third-order valence-corrected chi connectivity index (χ3v) is 7.07. The van der Waals surface area contributed by atoms with E-state index in [1.807, 2.05) is 44.3 Å². The Hall–Kier alpha value is -3.65. The van der Waals surface area contributed by atoms with Gasteiger partial charge in [-0.05, 0) is 84.1 Å². The van der Waals surface area contributed by atoms with Gasteiger partial charge in [0.1, 0.15) is 6.61 Å². The van der Waals surface area contributed by atoms with Gasteiger partial charge in [-0.15, -0.1) is 0 Å². The van der Waals surface area contributed by atoms with Crippen LogP contribution in [0.5, 0.6) is 28.7 Å². The minimum absolute atomic E-state index is 0.139. The standard InChI is InChI=1S/C31H41NO7/c1-9-10-11-21(32-3)18-39-30(33)17-23-19(2)22(24-15-26(34-4)27(35-5)16-25(23)24)12-20-13-28(36-6)31(38-8)29(14-20)37-7/h12-16,21,32H,9-11,17-18H2,1-8H3/b22-12-. The average Bonchev–Trinajstić information content (AvgIpc) is 3.20. The van der Waals surface area contributed by atoms with Crippen molar-refractivity contribution in [3.8, 4) is 28.7 Å². The van der Waals surface area contributed by atoms with Gasteiger partial charge in [0.05, 0.1) is 42.0 Å². The maximum Gasteiger partial charge on any atom is 0.310 e. The van der Waals surface area contributed by atoms with E-state index in [2.05, 4.69) is 12.2 Å². The van der Waals surface area contributed by atoms with Gasteiger partial charge in [-0.25, -0.2) is 0 Å². The van der Waals surface area contributed by atoms with Gasteiger partial charge in [0.2, 0.25) is 5.75 Å². The zero-order valence-corrected chi connectivity index (χ0v) is 24.4. The Morgan fingerprint density at radius 1 is 0.872 bits per heavy atom. The molecular weight excluding hydrogens is 498 g/mol. The van der Waals surface area contributed by atoms with E-state index in [0.717, 1.165) is 52.7 Å². The molecule has 0 saturated heterocycles. The number of carbonyl (C=O) groups is 1. The molecule has 0 aliphatic heterocycles. The van der Waals surface area contributed by atoms with Crippen LogP contribution in [0.15, 0.2) is 29.8 Å². The highest BCUT2D eigenvalue weighted by Crippen LogP contribution is 2.48. The van der Waals surface area contributed by atoms with Crippen molar-refractivity contribution < 1.29 is 33.2 Å². The molecule has 1 aliphatic carbocycles. The number of rotatable bonds is 14. The number of fused-ring (bicyclic) bond motifs is 1. The minimum atomic E-state index is -0.268. The van der Waals surface area contributed by atoms with E-state index in [4.69, 9.17) is 28.4 Å². The second-order valence-corrected chi connectivity index (χ2v) is 9.36. The zero-order chi connectivity index (χ0) is 28.5. The van der Waals surface area contributed by atoms with Gasteiger partial charge < -0.3 is 33.7 Å². The molecule has 0 fully saturated rings. The van der Waals surface area contributed by atoms with Crippen molar-refractivity contribution in [1.82, 2.24) is 5.32 Å². The smallest absolute Gasteiger partial charge is 0.310 e. The number of ether oxygens (including phenoxy) is 6. The largest absolute Gasteiger partial charge is 0.493 e. The van der Waals surface area contributed by atoms with Crippen LogP contribution in [-0.4, -0.2) is 61.2 Å². The van der Waals surface area contributed by atoms with Gasteiger partial charge in [0.15, 0.2) is 23.0 Å². The maximum atomic E-state index is 13.0. The van der Waals surface area contributed by atoms with Gasteiger partial charge >= 0.3 is 5.97 Å². The van der Waals surface area contributed by atoms with Gasteiger partial charge in [-0.3, -0.25) is 4.79 Å². The molecule has 0 bridgehead atoms. The molecule has 2 aromatic carbocycles. The summed E-state index contributed by atoms with van der Waals surface area (Å²) in [5.74, 6) is 2.57. The van der Waals surface area contributed by atoms with Crippen molar-refractivity contribution in [1.29, 1.82) is 0 Å². The highest BCUT2D eigenvalue weighted by molar-refractivity contribution is 6.08. The number of allylic oxidation sites excluding steroid dienone is 2. The van der Waals surface area contributed by atoms with Gasteiger partial charge in [0.25, 0.3) is 0 Å². The number of hydrogen-bond acceptors (Lipinski definition) is 8. The monoisotopic (exact) mass is 539 g/mol. The lowest BCUT2D eigenvalue weighted by Crippen LogP contribution is -2.31.